The molecule has 0 atom stereocenters. The molecule has 9 heteroatoms. The van der Waals surface area contributed by atoms with Gasteiger partial charge in [0.15, 0.2) is 17.5 Å². The molecule has 0 saturated carbocycles. The summed E-state index contributed by atoms with van der Waals surface area (Å²) < 4.78 is 52.0. The highest BCUT2D eigenvalue weighted by Crippen LogP contribution is 2.25. The van der Waals surface area contributed by atoms with Crippen LogP contribution < -0.4 is 20.3 Å². The van der Waals surface area contributed by atoms with E-state index in [0.717, 1.165) is 17.7 Å². The van der Waals surface area contributed by atoms with Crippen LogP contribution in [0.4, 0.5) is 24.8 Å². The van der Waals surface area contributed by atoms with Crippen LogP contribution in [0.25, 0.3) is 0 Å². The Balaban J connectivity index is 2.03. The minimum absolute atomic E-state index is 0.0509. The molecule has 2 aromatic carbocycles. The Labute approximate surface area is 164 Å². The number of hydrogen-bond acceptors (Lipinski definition) is 5. The average molecular weight is 405 g/mol. The number of hydrogen-bond donors (Lipinski definition) is 1. The molecule has 29 heavy (non-hydrogen) atoms. The normalized spacial score (nSPS) is 10.7. The van der Waals surface area contributed by atoms with Gasteiger partial charge in [-0.3, -0.25) is 4.79 Å². The number of aromatic nitrogens is 2. The molecule has 3 aromatic rings. The number of methoxy groups -OCH3 is 2. The van der Waals surface area contributed by atoms with Gasteiger partial charge < -0.3 is 19.4 Å². The molecule has 0 saturated heterocycles. The van der Waals surface area contributed by atoms with Gasteiger partial charge in [-0.15, -0.1) is 0 Å². The molecular formula is C20H18F3N3O3. The summed E-state index contributed by atoms with van der Waals surface area (Å²) in [7, 11) is 2.85. The minimum atomic E-state index is -1.54. The third-order valence-corrected chi connectivity index (χ3v) is 4.26. The van der Waals surface area contributed by atoms with Crippen LogP contribution in [0.1, 0.15) is 11.1 Å². The van der Waals surface area contributed by atoms with Gasteiger partial charge in [-0.25, -0.2) is 13.2 Å². The predicted octanol–water partition coefficient (Wildman–Crippen LogP) is 3.78. The lowest BCUT2D eigenvalue weighted by Gasteiger charge is -2.17. The average Bonchev–Trinajstić information content (AvgIpc) is 2.69. The highest BCUT2D eigenvalue weighted by atomic mass is 19.2. The molecule has 0 amide bonds. The number of ether oxygens (including phenoxy) is 2. The fourth-order valence-electron chi connectivity index (χ4n) is 2.75. The zero-order chi connectivity index (χ0) is 21.1. The van der Waals surface area contributed by atoms with Crippen molar-refractivity contribution >= 4 is 11.6 Å². The smallest absolute Gasteiger partial charge is 0.316 e. The molecule has 1 aromatic heterocycles. The van der Waals surface area contributed by atoms with Gasteiger partial charge in [0.25, 0.3) is 0 Å². The largest absolute Gasteiger partial charge is 0.497 e. The molecule has 0 aliphatic carbocycles. The molecular weight excluding hydrogens is 387 g/mol. The number of halogens is 3. The number of nitrogens with one attached hydrogen (secondary N) is 1. The maximum atomic E-state index is 13.6. The molecule has 0 aliphatic rings. The summed E-state index contributed by atoms with van der Waals surface area (Å²) in [5.41, 5.74) is 0.991. The summed E-state index contributed by atoms with van der Waals surface area (Å²) in [6, 6.07) is 7.02. The molecule has 0 spiro atoms. The van der Waals surface area contributed by atoms with Crippen molar-refractivity contribution in [3.05, 3.63) is 75.5 Å². The second-order valence-electron chi connectivity index (χ2n) is 6.25. The molecule has 0 radical (unpaired) electrons. The zero-order valence-corrected chi connectivity index (χ0v) is 15.9. The third-order valence-electron chi connectivity index (χ3n) is 4.26. The van der Waals surface area contributed by atoms with E-state index in [1.165, 1.54) is 17.9 Å². The van der Waals surface area contributed by atoms with Crippen molar-refractivity contribution in [1.29, 1.82) is 0 Å². The van der Waals surface area contributed by atoms with Crippen LogP contribution in [-0.4, -0.2) is 23.8 Å². The lowest BCUT2D eigenvalue weighted by atomic mass is 10.2. The number of rotatable bonds is 6. The van der Waals surface area contributed by atoms with Crippen molar-refractivity contribution in [3.63, 3.8) is 0 Å². The van der Waals surface area contributed by atoms with Crippen LogP contribution in [0, 0.1) is 24.4 Å². The number of nitrogens with zero attached hydrogens (tertiary/aromatic N) is 2. The molecule has 6 nitrogen and oxygen atoms in total. The van der Waals surface area contributed by atoms with E-state index in [1.54, 1.807) is 25.3 Å². The first-order valence-electron chi connectivity index (χ1n) is 8.53. The van der Waals surface area contributed by atoms with Gasteiger partial charge in [0, 0.05) is 5.69 Å². The maximum Gasteiger partial charge on any atom is 0.316 e. The van der Waals surface area contributed by atoms with Crippen molar-refractivity contribution in [3.8, 4) is 11.5 Å². The summed E-state index contributed by atoms with van der Waals surface area (Å²) >= 11 is 0. The topological polar surface area (TPSA) is 65.4 Å². The monoisotopic (exact) mass is 405 g/mol. The van der Waals surface area contributed by atoms with Crippen LogP contribution in [0.3, 0.4) is 0 Å². The lowest BCUT2D eigenvalue weighted by Crippen LogP contribution is -2.19. The Morgan fingerprint density at radius 2 is 1.76 bits per heavy atom. The van der Waals surface area contributed by atoms with Crippen LogP contribution in [0.15, 0.2) is 41.3 Å². The third kappa shape index (κ3) is 4.34. The predicted molar refractivity (Wildman–Crippen MR) is 101 cm³/mol. The van der Waals surface area contributed by atoms with E-state index in [9.17, 15) is 18.0 Å². The van der Waals surface area contributed by atoms with Gasteiger partial charge >= 0.3 is 5.56 Å². The van der Waals surface area contributed by atoms with E-state index in [4.69, 9.17) is 9.47 Å². The molecule has 1 N–H and O–H groups in total. The second kappa shape index (κ2) is 8.26. The number of anilines is 2. The van der Waals surface area contributed by atoms with Gasteiger partial charge in [-0.2, -0.15) is 4.98 Å². The molecule has 152 valence electrons. The van der Waals surface area contributed by atoms with Gasteiger partial charge in [0.05, 0.1) is 27.0 Å². The quantitative estimate of drug-likeness (QED) is 0.633. The molecule has 0 aliphatic heterocycles. The maximum absolute atomic E-state index is 13.6. The first kappa shape index (κ1) is 20.2. The van der Waals surface area contributed by atoms with Gasteiger partial charge in [-0.1, -0.05) is 0 Å². The van der Waals surface area contributed by atoms with E-state index >= 15 is 0 Å². The minimum Gasteiger partial charge on any atom is -0.497 e. The first-order valence-corrected chi connectivity index (χ1v) is 8.53. The van der Waals surface area contributed by atoms with E-state index in [-0.39, 0.29) is 23.8 Å². The van der Waals surface area contributed by atoms with Gasteiger partial charge in [-0.05, 0) is 48.4 Å². The van der Waals surface area contributed by atoms with Crippen LogP contribution >= 0.6 is 0 Å². The van der Waals surface area contributed by atoms with Gasteiger partial charge in [0.2, 0.25) is 11.7 Å². The fraction of sp³-hybridized carbons (Fsp3) is 0.200. The summed E-state index contributed by atoms with van der Waals surface area (Å²) in [5.74, 6) is -3.43. The second-order valence-corrected chi connectivity index (χ2v) is 6.25. The summed E-state index contributed by atoms with van der Waals surface area (Å²) in [4.78, 5) is 16.1. The number of benzene rings is 2. The van der Waals surface area contributed by atoms with E-state index in [2.05, 4.69) is 10.3 Å². The highest BCUT2D eigenvalue weighted by molar-refractivity contribution is 5.60. The van der Waals surface area contributed by atoms with Crippen LogP contribution in [0.2, 0.25) is 0 Å². The Hall–Kier alpha value is -3.49. The van der Waals surface area contributed by atoms with Crippen molar-refractivity contribution in [2.24, 2.45) is 0 Å². The molecule has 0 bridgehead atoms. The van der Waals surface area contributed by atoms with Crippen molar-refractivity contribution in [1.82, 2.24) is 9.55 Å². The van der Waals surface area contributed by atoms with Crippen LogP contribution in [0.5, 0.6) is 11.5 Å². The first-order chi connectivity index (χ1) is 13.8. The molecule has 0 unspecified atom stereocenters. The van der Waals surface area contributed by atoms with Crippen molar-refractivity contribution < 1.29 is 22.6 Å². The molecule has 0 fully saturated rings. The summed E-state index contributed by atoms with van der Waals surface area (Å²) in [6.45, 7) is 1.75. The Morgan fingerprint density at radius 1 is 1.07 bits per heavy atom. The summed E-state index contributed by atoms with van der Waals surface area (Å²) in [5, 5.41) is 3.02. The van der Waals surface area contributed by atoms with Crippen molar-refractivity contribution in [2.75, 3.05) is 19.5 Å². The van der Waals surface area contributed by atoms with Gasteiger partial charge in [0.1, 0.15) is 5.75 Å². The van der Waals surface area contributed by atoms with Crippen molar-refractivity contribution in [2.45, 2.75) is 13.5 Å². The lowest BCUT2D eigenvalue weighted by molar-refractivity contribution is 0.402. The van der Waals surface area contributed by atoms with E-state index < -0.39 is 23.0 Å². The standard InChI is InChI=1S/C20H18F3N3O3/c1-11-6-13(28-2)4-5-16(11)24-20-25-19(27)17(29-3)10-26(20)9-12-7-14(21)18(23)15(22)8-12/h4-8,10H,9H2,1-3H3,(H,24,25,27). The molecule has 1 heterocycles. The number of aryl methyl sites for hydroxylation is 1. The Kier molecular flexibility index (Phi) is 5.76. The summed E-state index contributed by atoms with van der Waals surface area (Å²) in [6.07, 6.45) is 1.36. The Morgan fingerprint density at radius 3 is 2.34 bits per heavy atom. The van der Waals surface area contributed by atoms with E-state index in [1.807, 2.05) is 6.92 Å². The SMILES string of the molecule is COc1ccc(Nc2nc(=O)c(OC)cn2Cc2cc(F)c(F)c(F)c2)c(C)c1. The van der Waals surface area contributed by atoms with E-state index in [0.29, 0.717) is 11.4 Å². The Bertz CT molecular complexity index is 1090. The molecule has 3 rings (SSSR count). The zero-order valence-electron chi connectivity index (χ0n) is 15.9. The fourth-order valence-corrected chi connectivity index (χ4v) is 2.75. The highest BCUT2D eigenvalue weighted by Gasteiger charge is 2.14. The van der Waals surface area contributed by atoms with Crippen LogP contribution in [-0.2, 0) is 6.54 Å².